The second-order valence-corrected chi connectivity index (χ2v) is 6.07. The lowest BCUT2D eigenvalue weighted by atomic mass is 9.87. The SMILES string of the molecule is COCCCCN1CC(C)NCC1(C)c1ccccc1. The van der Waals surface area contributed by atoms with Crippen LogP contribution in [0.15, 0.2) is 30.3 Å². The Bertz CT molecular complexity index is 395. The minimum Gasteiger partial charge on any atom is -0.385 e. The minimum absolute atomic E-state index is 0.0981. The monoisotopic (exact) mass is 276 g/mol. The van der Waals surface area contributed by atoms with Crippen molar-refractivity contribution < 1.29 is 4.74 Å². The Morgan fingerprint density at radius 1 is 1.30 bits per heavy atom. The van der Waals surface area contributed by atoms with Crippen LogP contribution in [0.4, 0.5) is 0 Å². The van der Waals surface area contributed by atoms with Crippen LogP contribution in [-0.4, -0.2) is 44.3 Å². The molecule has 1 aliphatic heterocycles. The van der Waals surface area contributed by atoms with Crippen LogP contribution in [0.3, 0.4) is 0 Å². The van der Waals surface area contributed by atoms with Gasteiger partial charge in [-0.1, -0.05) is 30.3 Å². The molecule has 20 heavy (non-hydrogen) atoms. The summed E-state index contributed by atoms with van der Waals surface area (Å²) in [6, 6.07) is 11.4. The number of nitrogens with zero attached hydrogens (tertiary/aromatic N) is 1. The second-order valence-electron chi connectivity index (χ2n) is 6.07. The van der Waals surface area contributed by atoms with Gasteiger partial charge in [0.25, 0.3) is 0 Å². The number of ether oxygens (including phenoxy) is 1. The summed E-state index contributed by atoms with van der Waals surface area (Å²) in [4.78, 5) is 2.64. The van der Waals surface area contributed by atoms with Crippen LogP contribution in [0.25, 0.3) is 0 Å². The molecule has 0 bridgehead atoms. The first-order valence-electron chi connectivity index (χ1n) is 7.70. The van der Waals surface area contributed by atoms with Gasteiger partial charge in [-0.05, 0) is 38.8 Å². The highest BCUT2D eigenvalue weighted by atomic mass is 16.5. The predicted octanol–water partition coefficient (Wildman–Crippen LogP) is 2.62. The molecule has 3 nitrogen and oxygen atoms in total. The van der Waals surface area contributed by atoms with E-state index in [9.17, 15) is 0 Å². The van der Waals surface area contributed by atoms with Crippen molar-refractivity contribution in [2.24, 2.45) is 0 Å². The van der Waals surface area contributed by atoms with Crippen LogP contribution < -0.4 is 5.32 Å². The molecule has 0 aromatic heterocycles. The van der Waals surface area contributed by atoms with Gasteiger partial charge in [-0.2, -0.15) is 0 Å². The summed E-state index contributed by atoms with van der Waals surface area (Å²) >= 11 is 0. The van der Waals surface area contributed by atoms with E-state index >= 15 is 0 Å². The second kappa shape index (κ2) is 7.21. The first kappa shape index (κ1) is 15.5. The van der Waals surface area contributed by atoms with Gasteiger partial charge in [-0.15, -0.1) is 0 Å². The standard InChI is InChI=1S/C17H28N2O/c1-15-13-19(11-7-8-12-20-3)17(2,14-18-15)16-9-5-4-6-10-16/h4-6,9-10,15,18H,7-8,11-14H2,1-3H3. The number of methoxy groups -OCH3 is 1. The van der Waals surface area contributed by atoms with Gasteiger partial charge in [0.05, 0.1) is 5.54 Å². The predicted molar refractivity (Wildman–Crippen MR) is 83.9 cm³/mol. The van der Waals surface area contributed by atoms with Crippen LogP contribution in [-0.2, 0) is 10.3 Å². The van der Waals surface area contributed by atoms with Crippen LogP contribution >= 0.6 is 0 Å². The molecule has 2 rings (SSSR count). The quantitative estimate of drug-likeness (QED) is 0.808. The molecule has 2 unspecified atom stereocenters. The summed E-state index contributed by atoms with van der Waals surface area (Å²) in [5.74, 6) is 0. The number of unbranched alkanes of at least 4 members (excludes halogenated alkanes) is 1. The molecule has 1 aromatic carbocycles. The lowest BCUT2D eigenvalue weighted by Gasteiger charge is -2.48. The Balaban J connectivity index is 2.07. The normalized spacial score (nSPS) is 27.6. The van der Waals surface area contributed by atoms with Gasteiger partial charge in [0, 0.05) is 32.8 Å². The smallest absolute Gasteiger partial charge is 0.0557 e. The van der Waals surface area contributed by atoms with E-state index in [2.05, 4.69) is 54.4 Å². The summed E-state index contributed by atoms with van der Waals surface area (Å²) < 4.78 is 5.16. The molecule has 0 saturated carbocycles. The molecule has 0 aliphatic carbocycles. The fourth-order valence-corrected chi connectivity index (χ4v) is 3.05. The highest BCUT2D eigenvalue weighted by molar-refractivity contribution is 5.25. The number of piperazine rings is 1. The average Bonchev–Trinajstić information content (AvgIpc) is 2.48. The summed E-state index contributed by atoms with van der Waals surface area (Å²) in [5, 5.41) is 3.64. The number of nitrogens with one attached hydrogen (secondary N) is 1. The average molecular weight is 276 g/mol. The zero-order chi connectivity index (χ0) is 14.4. The minimum atomic E-state index is 0.0981. The largest absolute Gasteiger partial charge is 0.385 e. The molecular formula is C17H28N2O. The van der Waals surface area contributed by atoms with E-state index in [0.717, 1.165) is 32.7 Å². The van der Waals surface area contributed by atoms with Gasteiger partial charge in [0.1, 0.15) is 0 Å². The molecule has 0 amide bonds. The zero-order valence-electron chi connectivity index (χ0n) is 13.1. The molecule has 112 valence electrons. The third kappa shape index (κ3) is 3.60. The summed E-state index contributed by atoms with van der Waals surface area (Å²) in [6.45, 7) is 8.76. The van der Waals surface area contributed by atoms with Crippen molar-refractivity contribution in [3.05, 3.63) is 35.9 Å². The van der Waals surface area contributed by atoms with Crippen LogP contribution in [0.2, 0.25) is 0 Å². The topological polar surface area (TPSA) is 24.5 Å². The fraction of sp³-hybridized carbons (Fsp3) is 0.647. The van der Waals surface area contributed by atoms with E-state index in [0.29, 0.717) is 6.04 Å². The van der Waals surface area contributed by atoms with Crippen molar-refractivity contribution in [1.82, 2.24) is 10.2 Å². The van der Waals surface area contributed by atoms with E-state index < -0.39 is 0 Å². The molecule has 1 aromatic rings. The Labute approximate surface area is 123 Å². The third-order valence-electron chi connectivity index (χ3n) is 4.41. The van der Waals surface area contributed by atoms with Gasteiger partial charge >= 0.3 is 0 Å². The lowest BCUT2D eigenvalue weighted by molar-refractivity contribution is 0.0497. The number of rotatable bonds is 6. The molecule has 1 aliphatic rings. The van der Waals surface area contributed by atoms with Crippen molar-refractivity contribution in [2.45, 2.75) is 38.3 Å². The molecular weight excluding hydrogens is 248 g/mol. The Morgan fingerprint density at radius 3 is 2.75 bits per heavy atom. The van der Waals surface area contributed by atoms with E-state index in [1.807, 2.05) is 0 Å². The van der Waals surface area contributed by atoms with Gasteiger partial charge in [0.15, 0.2) is 0 Å². The fourth-order valence-electron chi connectivity index (χ4n) is 3.05. The molecule has 1 N–H and O–H groups in total. The maximum Gasteiger partial charge on any atom is 0.0557 e. The third-order valence-corrected chi connectivity index (χ3v) is 4.41. The molecule has 3 heteroatoms. The molecule has 1 heterocycles. The Hall–Kier alpha value is -0.900. The summed E-state index contributed by atoms with van der Waals surface area (Å²) in [7, 11) is 1.78. The highest BCUT2D eigenvalue weighted by Gasteiger charge is 2.37. The number of hydrogen-bond acceptors (Lipinski definition) is 3. The van der Waals surface area contributed by atoms with Gasteiger partial charge in [0.2, 0.25) is 0 Å². The van der Waals surface area contributed by atoms with Crippen LogP contribution in [0.5, 0.6) is 0 Å². The number of benzene rings is 1. The van der Waals surface area contributed by atoms with Crippen molar-refractivity contribution in [3.63, 3.8) is 0 Å². The summed E-state index contributed by atoms with van der Waals surface area (Å²) in [6.07, 6.45) is 2.34. The molecule has 2 atom stereocenters. The molecule has 0 radical (unpaired) electrons. The Morgan fingerprint density at radius 2 is 2.05 bits per heavy atom. The molecule has 0 spiro atoms. The maximum atomic E-state index is 5.16. The van der Waals surface area contributed by atoms with E-state index in [4.69, 9.17) is 4.74 Å². The first-order valence-corrected chi connectivity index (χ1v) is 7.70. The van der Waals surface area contributed by atoms with Gasteiger partial charge < -0.3 is 10.1 Å². The van der Waals surface area contributed by atoms with Crippen LogP contribution in [0.1, 0.15) is 32.3 Å². The van der Waals surface area contributed by atoms with E-state index in [1.165, 1.54) is 12.0 Å². The number of hydrogen-bond donors (Lipinski definition) is 1. The van der Waals surface area contributed by atoms with Crippen molar-refractivity contribution in [2.75, 3.05) is 33.4 Å². The molecule has 1 saturated heterocycles. The van der Waals surface area contributed by atoms with Crippen LogP contribution in [0, 0.1) is 0 Å². The van der Waals surface area contributed by atoms with Gasteiger partial charge in [-0.25, -0.2) is 0 Å². The van der Waals surface area contributed by atoms with Crippen molar-refractivity contribution in [3.8, 4) is 0 Å². The zero-order valence-corrected chi connectivity index (χ0v) is 13.1. The molecule has 1 fully saturated rings. The van der Waals surface area contributed by atoms with Crippen molar-refractivity contribution >= 4 is 0 Å². The maximum absolute atomic E-state index is 5.16. The Kier molecular flexibility index (Phi) is 5.58. The highest BCUT2D eigenvalue weighted by Crippen LogP contribution is 2.30. The van der Waals surface area contributed by atoms with Crippen molar-refractivity contribution in [1.29, 1.82) is 0 Å². The lowest BCUT2D eigenvalue weighted by Crippen LogP contribution is -2.60. The first-order chi connectivity index (χ1) is 9.66. The van der Waals surface area contributed by atoms with E-state index in [-0.39, 0.29) is 5.54 Å². The van der Waals surface area contributed by atoms with Gasteiger partial charge in [-0.3, -0.25) is 4.90 Å². The summed E-state index contributed by atoms with van der Waals surface area (Å²) in [5.41, 5.74) is 1.51. The van der Waals surface area contributed by atoms with E-state index in [1.54, 1.807) is 7.11 Å².